The van der Waals surface area contributed by atoms with Crippen LogP contribution in [0.1, 0.15) is 33.4 Å². The van der Waals surface area contributed by atoms with E-state index in [9.17, 15) is 4.79 Å². The molecule has 0 aliphatic heterocycles. The number of carbonyl (C=O) groups is 1. The Hall–Kier alpha value is -1.88. The van der Waals surface area contributed by atoms with E-state index in [1.165, 1.54) is 4.88 Å². The number of nitrogens with zero attached hydrogens (tertiary/aromatic N) is 2. The van der Waals surface area contributed by atoms with Crippen LogP contribution in [0.2, 0.25) is 0 Å². The zero-order valence-corrected chi connectivity index (χ0v) is 12.1. The number of hydrogen-bond acceptors (Lipinski definition) is 3. The Kier molecular flexibility index (Phi) is 4.16. The van der Waals surface area contributed by atoms with E-state index in [0.29, 0.717) is 0 Å². The summed E-state index contributed by atoms with van der Waals surface area (Å²) in [6.07, 6.45) is 4.43. The van der Waals surface area contributed by atoms with Crippen molar-refractivity contribution in [3.8, 4) is 0 Å². The summed E-state index contributed by atoms with van der Waals surface area (Å²) in [6.45, 7) is 4.09. The molecule has 4 nitrogen and oxygen atoms in total. The highest BCUT2D eigenvalue weighted by Crippen LogP contribution is 2.22. The molecule has 100 valence electrons. The van der Waals surface area contributed by atoms with Gasteiger partial charge in [-0.3, -0.25) is 4.79 Å². The largest absolute Gasteiger partial charge is 0.350 e. The smallest absolute Gasteiger partial charge is 0.272 e. The topological polar surface area (TPSA) is 46.4 Å². The Labute approximate surface area is 116 Å². The Morgan fingerprint density at radius 1 is 1.58 bits per heavy atom. The molecule has 1 N–H and O–H groups in total. The Balaban J connectivity index is 2.06. The first-order chi connectivity index (χ1) is 9.13. The first-order valence-electron chi connectivity index (χ1n) is 6.15. The van der Waals surface area contributed by atoms with E-state index in [-0.39, 0.29) is 5.91 Å². The van der Waals surface area contributed by atoms with Crippen molar-refractivity contribution >= 4 is 23.5 Å². The highest BCUT2D eigenvalue weighted by atomic mass is 32.1. The van der Waals surface area contributed by atoms with Crippen LogP contribution in [-0.4, -0.2) is 16.7 Å². The van der Waals surface area contributed by atoms with Gasteiger partial charge < -0.3 is 4.57 Å². The fourth-order valence-corrected chi connectivity index (χ4v) is 2.88. The molecule has 5 heteroatoms. The van der Waals surface area contributed by atoms with E-state index < -0.39 is 0 Å². The molecule has 19 heavy (non-hydrogen) atoms. The van der Waals surface area contributed by atoms with Gasteiger partial charge in [-0.1, -0.05) is 6.92 Å². The fraction of sp³-hybridized carbons (Fsp3) is 0.286. The summed E-state index contributed by atoms with van der Waals surface area (Å²) in [5.74, 6) is -0.147. The number of nitrogens with one attached hydrogen (secondary N) is 1. The molecule has 0 aliphatic carbocycles. The maximum absolute atomic E-state index is 12.0. The van der Waals surface area contributed by atoms with E-state index in [0.717, 1.165) is 23.2 Å². The summed E-state index contributed by atoms with van der Waals surface area (Å²) < 4.78 is 1.93. The maximum Gasteiger partial charge on any atom is 0.272 e. The summed E-state index contributed by atoms with van der Waals surface area (Å²) in [7, 11) is 1.93. The Morgan fingerprint density at radius 2 is 2.37 bits per heavy atom. The highest BCUT2D eigenvalue weighted by molar-refractivity contribution is 7.10. The molecule has 0 spiro atoms. The van der Waals surface area contributed by atoms with Crippen LogP contribution in [-0.2, 0) is 13.5 Å². The van der Waals surface area contributed by atoms with E-state index >= 15 is 0 Å². The minimum Gasteiger partial charge on any atom is -0.350 e. The van der Waals surface area contributed by atoms with Gasteiger partial charge in [0.15, 0.2) is 0 Å². The monoisotopic (exact) mass is 275 g/mol. The summed E-state index contributed by atoms with van der Waals surface area (Å²) >= 11 is 1.60. The van der Waals surface area contributed by atoms with Crippen LogP contribution in [0.15, 0.2) is 28.8 Å². The zero-order valence-electron chi connectivity index (χ0n) is 11.3. The Morgan fingerprint density at radius 3 is 3.00 bits per heavy atom. The average Bonchev–Trinajstić information content (AvgIpc) is 2.96. The quantitative estimate of drug-likeness (QED) is 0.677. The first kappa shape index (κ1) is 13.5. The lowest BCUT2D eigenvalue weighted by Crippen LogP contribution is -2.18. The van der Waals surface area contributed by atoms with Crippen LogP contribution in [0, 0.1) is 6.92 Å². The molecule has 0 fully saturated rings. The molecule has 2 aromatic heterocycles. The maximum atomic E-state index is 12.0. The minimum absolute atomic E-state index is 0.147. The summed E-state index contributed by atoms with van der Waals surface area (Å²) in [5, 5.41) is 5.89. The molecule has 1 amide bonds. The lowest BCUT2D eigenvalue weighted by atomic mass is 10.1. The van der Waals surface area contributed by atoms with Crippen molar-refractivity contribution in [2.24, 2.45) is 12.1 Å². The van der Waals surface area contributed by atoms with E-state index in [1.807, 2.05) is 42.2 Å². The van der Waals surface area contributed by atoms with E-state index in [4.69, 9.17) is 0 Å². The number of amides is 1. The first-order valence-corrected chi connectivity index (χ1v) is 7.03. The average molecular weight is 275 g/mol. The van der Waals surface area contributed by atoms with Crippen LogP contribution < -0.4 is 5.43 Å². The third kappa shape index (κ3) is 2.93. The molecule has 2 heterocycles. The van der Waals surface area contributed by atoms with Crippen molar-refractivity contribution in [2.75, 3.05) is 0 Å². The lowest BCUT2D eigenvalue weighted by molar-refractivity contribution is 0.0954. The van der Waals surface area contributed by atoms with Crippen LogP contribution in [0.5, 0.6) is 0 Å². The minimum atomic E-state index is -0.147. The van der Waals surface area contributed by atoms with Crippen molar-refractivity contribution in [3.05, 3.63) is 45.4 Å². The van der Waals surface area contributed by atoms with Crippen LogP contribution in [0.3, 0.4) is 0 Å². The van der Waals surface area contributed by atoms with Gasteiger partial charge >= 0.3 is 0 Å². The SMILES string of the molecule is CCc1c(C(=O)N/N=C\c2cccn2C)csc1C. The molecule has 0 bridgehead atoms. The zero-order chi connectivity index (χ0) is 13.8. The van der Waals surface area contributed by atoms with Crippen molar-refractivity contribution < 1.29 is 4.79 Å². The molecule has 0 atom stereocenters. The molecular formula is C14H17N3OS. The Bertz CT molecular complexity index is 610. The van der Waals surface area contributed by atoms with Crippen molar-refractivity contribution in [1.82, 2.24) is 9.99 Å². The molecule has 0 radical (unpaired) electrons. The van der Waals surface area contributed by atoms with Gasteiger partial charge in [0, 0.05) is 23.5 Å². The normalized spacial score (nSPS) is 11.1. The van der Waals surface area contributed by atoms with Gasteiger partial charge in [0.25, 0.3) is 5.91 Å². The van der Waals surface area contributed by atoms with E-state index in [1.54, 1.807) is 17.6 Å². The number of aromatic nitrogens is 1. The van der Waals surface area contributed by atoms with Gasteiger partial charge in [0.1, 0.15) is 0 Å². The molecule has 0 aromatic carbocycles. The predicted octanol–water partition coefficient (Wildman–Crippen LogP) is 2.72. The second kappa shape index (κ2) is 5.84. The predicted molar refractivity (Wildman–Crippen MR) is 78.9 cm³/mol. The number of rotatable bonds is 4. The van der Waals surface area contributed by atoms with Gasteiger partial charge in [-0.05, 0) is 31.0 Å². The van der Waals surface area contributed by atoms with Gasteiger partial charge in [0.2, 0.25) is 0 Å². The standard InChI is InChI=1S/C14H17N3OS/c1-4-12-10(2)19-9-13(12)14(18)16-15-8-11-6-5-7-17(11)3/h5-9H,4H2,1-3H3,(H,16,18)/b15-8-. The molecule has 0 saturated heterocycles. The number of hydrazone groups is 1. The van der Waals surface area contributed by atoms with Crippen molar-refractivity contribution in [2.45, 2.75) is 20.3 Å². The third-order valence-electron chi connectivity index (χ3n) is 3.05. The summed E-state index contributed by atoms with van der Waals surface area (Å²) in [6, 6.07) is 3.86. The fourth-order valence-electron chi connectivity index (χ4n) is 1.93. The van der Waals surface area contributed by atoms with Crippen molar-refractivity contribution in [1.29, 1.82) is 0 Å². The number of aryl methyl sites for hydroxylation is 2. The highest BCUT2D eigenvalue weighted by Gasteiger charge is 2.13. The summed E-state index contributed by atoms with van der Waals surface area (Å²) in [5.41, 5.74) is 5.36. The van der Waals surface area contributed by atoms with Gasteiger partial charge in [-0.15, -0.1) is 11.3 Å². The van der Waals surface area contributed by atoms with E-state index in [2.05, 4.69) is 17.5 Å². The number of carbonyl (C=O) groups excluding carboxylic acids is 1. The van der Waals surface area contributed by atoms with Crippen LogP contribution in [0.4, 0.5) is 0 Å². The molecule has 0 saturated carbocycles. The van der Waals surface area contributed by atoms with Crippen LogP contribution >= 0.6 is 11.3 Å². The van der Waals surface area contributed by atoms with Gasteiger partial charge in [0.05, 0.1) is 17.5 Å². The second-order valence-corrected chi connectivity index (χ2v) is 5.36. The van der Waals surface area contributed by atoms with Crippen molar-refractivity contribution in [3.63, 3.8) is 0 Å². The lowest BCUT2D eigenvalue weighted by Gasteiger charge is -2.01. The second-order valence-electron chi connectivity index (χ2n) is 4.28. The number of thiophene rings is 1. The molecular weight excluding hydrogens is 258 g/mol. The van der Waals surface area contributed by atoms with Crippen LogP contribution in [0.25, 0.3) is 0 Å². The molecule has 2 rings (SSSR count). The van der Waals surface area contributed by atoms with Gasteiger partial charge in [-0.2, -0.15) is 5.10 Å². The number of hydrogen-bond donors (Lipinski definition) is 1. The third-order valence-corrected chi connectivity index (χ3v) is 4.00. The molecule has 0 unspecified atom stereocenters. The van der Waals surface area contributed by atoms with Gasteiger partial charge in [-0.25, -0.2) is 5.43 Å². The molecule has 2 aromatic rings. The summed E-state index contributed by atoms with van der Waals surface area (Å²) in [4.78, 5) is 13.2. The molecule has 0 aliphatic rings.